The fourth-order valence-corrected chi connectivity index (χ4v) is 2.21. The summed E-state index contributed by atoms with van der Waals surface area (Å²) in [4.78, 5) is 12.1. The second-order valence-electron chi connectivity index (χ2n) is 4.45. The van der Waals surface area contributed by atoms with Gasteiger partial charge in [0.05, 0.1) is 23.4 Å². The number of nitrogens with zero attached hydrogens (tertiary/aromatic N) is 3. The average molecular weight is 282 g/mol. The van der Waals surface area contributed by atoms with Gasteiger partial charge in [-0.25, -0.2) is 9.48 Å². The second-order valence-corrected chi connectivity index (χ2v) is 4.45. The number of carbonyl (C=O) groups is 1. The van der Waals surface area contributed by atoms with Gasteiger partial charge in [-0.2, -0.15) is 0 Å². The number of esters is 1. The van der Waals surface area contributed by atoms with E-state index < -0.39 is 5.97 Å². The zero-order valence-electron chi connectivity index (χ0n) is 11.5. The van der Waals surface area contributed by atoms with Crippen LogP contribution >= 0.6 is 0 Å². The van der Waals surface area contributed by atoms with Gasteiger partial charge in [0.25, 0.3) is 0 Å². The highest BCUT2D eigenvalue weighted by molar-refractivity contribution is 5.97. The summed E-state index contributed by atoms with van der Waals surface area (Å²) in [6, 6.07) is 12.6. The number of para-hydroxylation sites is 2. The van der Waals surface area contributed by atoms with E-state index in [0.717, 1.165) is 11.0 Å². The molecule has 6 nitrogen and oxygen atoms in total. The van der Waals surface area contributed by atoms with Crippen LogP contribution in [0.3, 0.4) is 0 Å². The first-order valence-electron chi connectivity index (χ1n) is 6.58. The van der Waals surface area contributed by atoms with Crippen LogP contribution in [-0.2, 0) is 4.74 Å². The van der Waals surface area contributed by atoms with E-state index in [1.54, 1.807) is 29.8 Å². The molecule has 2 N–H and O–H groups in total. The van der Waals surface area contributed by atoms with Gasteiger partial charge in [-0.15, -0.1) is 5.10 Å². The smallest absolute Gasteiger partial charge is 0.340 e. The van der Waals surface area contributed by atoms with Gasteiger partial charge in [0.15, 0.2) is 0 Å². The van der Waals surface area contributed by atoms with Crippen molar-refractivity contribution in [2.24, 2.45) is 0 Å². The van der Waals surface area contributed by atoms with Crippen molar-refractivity contribution in [3.05, 3.63) is 48.0 Å². The number of hydrogen-bond acceptors (Lipinski definition) is 5. The lowest BCUT2D eigenvalue weighted by molar-refractivity contribution is 0.0526. The molecular weight excluding hydrogens is 268 g/mol. The van der Waals surface area contributed by atoms with E-state index in [-0.39, 0.29) is 0 Å². The van der Waals surface area contributed by atoms with Crippen LogP contribution in [0.4, 0.5) is 5.69 Å². The van der Waals surface area contributed by atoms with E-state index in [2.05, 4.69) is 10.3 Å². The highest BCUT2D eigenvalue weighted by atomic mass is 16.5. The molecule has 0 radical (unpaired) electrons. The monoisotopic (exact) mass is 282 g/mol. The third-order valence-corrected chi connectivity index (χ3v) is 3.13. The number of nitrogen functional groups attached to an aromatic ring is 1. The van der Waals surface area contributed by atoms with E-state index >= 15 is 0 Å². The molecule has 0 saturated heterocycles. The van der Waals surface area contributed by atoms with Crippen molar-refractivity contribution in [2.75, 3.05) is 12.3 Å². The molecule has 0 amide bonds. The van der Waals surface area contributed by atoms with Crippen LogP contribution in [0.2, 0.25) is 0 Å². The van der Waals surface area contributed by atoms with Crippen LogP contribution in [0, 0.1) is 0 Å². The summed E-state index contributed by atoms with van der Waals surface area (Å²) >= 11 is 0. The Bertz CT molecular complexity index is 810. The minimum absolute atomic E-state index is 0.297. The molecule has 21 heavy (non-hydrogen) atoms. The molecule has 0 bridgehead atoms. The van der Waals surface area contributed by atoms with Gasteiger partial charge in [0.1, 0.15) is 11.2 Å². The number of anilines is 1. The maximum absolute atomic E-state index is 12.1. The van der Waals surface area contributed by atoms with Crippen LogP contribution in [0.1, 0.15) is 17.3 Å². The quantitative estimate of drug-likeness (QED) is 0.588. The molecule has 3 aromatic rings. The third kappa shape index (κ3) is 2.20. The van der Waals surface area contributed by atoms with Gasteiger partial charge >= 0.3 is 5.97 Å². The molecule has 0 fully saturated rings. The lowest BCUT2D eigenvalue weighted by Gasteiger charge is -2.11. The van der Waals surface area contributed by atoms with E-state index in [4.69, 9.17) is 10.5 Å². The molecule has 106 valence electrons. The minimum Gasteiger partial charge on any atom is -0.462 e. The van der Waals surface area contributed by atoms with Gasteiger partial charge in [0.2, 0.25) is 0 Å². The van der Waals surface area contributed by atoms with E-state index in [1.807, 2.05) is 24.3 Å². The standard InChI is InChI=1S/C15H14N4O2/c1-2-21-15(20)10-6-5-7-11(16)14(10)19-13-9-4-3-8-12(13)17-18-19/h3-9H,2,16H2,1H3. The topological polar surface area (TPSA) is 83.0 Å². The van der Waals surface area contributed by atoms with Crippen LogP contribution in [-0.4, -0.2) is 27.6 Å². The summed E-state index contributed by atoms with van der Waals surface area (Å²) < 4.78 is 6.64. The number of fused-ring (bicyclic) bond motifs is 1. The molecule has 0 aliphatic rings. The molecule has 0 atom stereocenters. The number of nitrogens with two attached hydrogens (primary N) is 1. The molecule has 0 saturated carbocycles. The Morgan fingerprint density at radius 1 is 1.24 bits per heavy atom. The molecule has 1 aromatic heterocycles. The molecule has 0 unspecified atom stereocenters. The number of hydrogen-bond donors (Lipinski definition) is 1. The fraction of sp³-hybridized carbons (Fsp3) is 0.133. The molecule has 6 heteroatoms. The van der Waals surface area contributed by atoms with Crippen LogP contribution in [0.15, 0.2) is 42.5 Å². The van der Waals surface area contributed by atoms with Crippen LogP contribution in [0.25, 0.3) is 16.7 Å². The SMILES string of the molecule is CCOC(=O)c1cccc(N)c1-n1nnc2ccccc21. The fourth-order valence-electron chi connectivity index (χ4n) is 2.21. The van der Waals surface area contributed by atoms with Crippen molar-refractivity contribution in [3.8, 4) is 5.69 Å². The Balaban J connectivity index is 2.24. The van der Waals surface area contributed by atoms with Crippen molar-refractivity contribution < 1.29 is 9.53 Å². The summed E-state index contributed by atoms with van der Waals surface area (Å²) in [6.45, 7) is 2.06. The summed E-state index contributed by atoms with van der Waals surface area (Å²) in [6.07, 6.45) is 0. The van der Waals surface area contributed by atoms with Crippen LogP contribution < -0.4 is 5.73 Å². The van der Waals surface area contributed by atoms with Gasteiger partial charge < -0.3 is 10.5 Å². The summed E-state index contributed by atoms with van der Waals surface area (Å²) in [5.41, 5.74) is 8.85. The number of ether oxygens (including phenoxy) is 1. The Morgan fingerprint density at radius 3 is 2.86 bits per heavy atom. The van der Waals surface area contributed by atoms with Gasteiger partial charge in [-0.1, -0.05) is 23.4 Å². The maximum Gasteiger partial charge on any atom is 0.340 e. The van der Waals surface area contributed by atoms with Crippen molar-refractivity contribution in [3.63, 3.8) is 0 Å². The molecular formula is C15H14N4O2. The maximum atomic E-state index is 12.1. The van der Waals surface area contributed by atoms with Gasteiger partial charge in [-0.3, -0.25) is 0 Å². The summed E-state index contributed by atoms with van der Waals surface area (Å²) in [5, 5.41) is 8.20. The first-order valence-corrected chi connectivity index (χ1v) is 6.58. The van der Waals surface area contributed by atoms with Gasteiger partial charge in [-0.05, 0) is 31.2 Å². The Kier molecular flexibility index (Phi) is 3.27. The van der Waals surface area contributed by atoms with Gasteiger partial charge in [0, 0.05) is 0 Å². The van der Waals surface area contributed by atoms with Crippen molar-refractivity contribution in [1.82, 2.24) is 15.0 Å². The number of benzene rings is 2. The largest absolute Gasteiger partial charge is 0.462 e. The van der Waals surface area contributed by atoms with Crippen molar-refractivity contribution >= 4 is 22.7 Å². The number of rotatable bonds is 3. The molecule has 1 heterocycles. The summed E-state index contributed by atoms with van der Waals surface area (Å²) in [7, 11) is 0. The molecule has 0 aliphatic heterocycles. The number of aromatic nitrogens is 3. The lowest BCUT2D eigenvalue weighted by atomic mass is 10.1. The Morgan fingerprint density at radius 2 is 2.05 bits per heavy atom. The number of carbonyl (C=O) groups excluding carboxylic acids is 1. The lowest BCUT2D eigenvalue weighted by Crippen LogP contribution is -2.12. The zero-order chi connectivity index (χ0) is 14.8. The molecule has 0 aliphatic carbocycles. The first kappa shape index (κ1) is 13.1. The Labute approximate surface area is 121 Å². The highest BCUT2D eigenvalue weighted by Crippen LogP contribution is 2.25. The normalized spacial score (nSPS) is 10.7. The predicted molar refractivity (Wildman–Crippen MR) is 79.2 cm³/mol. The van der Waals surface area contributed by atoms with Crippen molar-refractivity contribution in [1.29, 1.82) is 0 Å². The van der Waals surface area contributed by atoms with E-state index in [9.17, 15) is 4.79 Å². The van der Waals surface area contributed by atoms with Crippen molar-refractivity contribution in [2.45, 2.75) is 6.92 Å². The minimum atomic E-state index is -0.431. The van der Waals surface area contributed by atoms with E-state index in [0.29, 0.717) is 23.5 Å². The average Bonchev–Trinajstić information content (AvgIpc) is 2.91. The summed E-state index contributed by atoms with van der Waals surface area (Å²) in [5.74, 6) is -0.431. The molecule has 2 aromatic carbocycles. The third-order valence-electron chi connectivity index (χ3n) is 3.13. The molecule has 3 rings (SSSR count). The second kappa shape index (κ2) is 5.24. The predicted octanol–water partition coefficient (Wildman–Crippen LogP) is 2.18. The van der Waals surface area contributed by atoms with E-state index in [1.165, 1.54) is 0 Å². The Hall–Kier alpha value is -2.89. The first-order chi connectivity index (χ1) is 10.2. The zero-order valence-corrected chi connectivity index (χ0v) is 11.5. The van der Waals surface area contributed by atoms with Crippen LogP contribution in [0.5, 0.6) is 0 Å². The molecule has 0 spiro atoms. The highest BCUT2D eigenvalue weighted by Gasteiger charge is 2.19.